The molecule has 2 aromatic carbocycles. The van der Waals surface area contributed by atoms with Crippen LogP contribution in [0.3, 0.4) is 0 Å². The van der Waals surface area contributed by atoms with Crippen LogP contribution in [0.1, 0.15) is 53.6 Å². The van der Waals surface area contributed by atoms with Crippen molar-refractivity contribution in [3.05, 3.63) is 100 Å². The summed E-state index contributed by atoms with van der Waals surface area (Å²) in [5.41, 5.74) is 3.07. The molecule has 33 heavy (non-hydrogen) atoms. The van der Waals surface area contributed by atoms with Gasteiger partial charge in [-0.05, 0) is 75.8 Å². The molecular weight excluding hydrogens is 482 g/mol. The smallest absolute Gasteiger partial charge is 0.291 e. The molecule has 0 spiro atoms. The molecule has 0 saturated heterocycles. The van der Waals surface area contributed by atoms with Crippen molar-refractivity contribution in [1.82, 2.24) is 9.78 Å². The van der Waals surface area contributed by atoms with E-state index < -0.39 is 0 Å². The number of rotatable bonds is 9. The zero-order chi connectivity index (χ0) is 23.2. The van der Waals surface area contributed by atoms with Crippen LogP contribution >= 0.6 is 15.9 Å². The first-order valence-electron chi connectivity index (χ1n) is 10.9. The molecule has 0 aliphatic heterocycles. The number of nitrogens with zero attached hydrogens (tertiary/aromatic N) is 2. The Morgan fingerprint density at radius 1 is 1.12 bits per heavy atom. The first-order valence-corrected chi connectivity index (χ1v) is 11.7. The van der Waals surface area contributed by atoms with Crippen molar-refractivity contribution in [2.24, 2.45) is 0 Å². The minimum absolute atomic E-state index is 0.242. The molecule has 0 aliphatic rings. The van der Waals surface area contributed by atoms with Crippen LogP contribution in [0.2, 0.25) is 0 Å². The Balaban J connectivity index is 1.29. The van der Waals surface area contributed by atoms with E-state index in [1.54, 1.807) is 18.3 Å². The van der Waals surface area contributed by atoms with E-state index in [2.05, 4.69) is 52.3 Å². The van der Waals surface area contributed by atoms with Gasteiger partial charge in [0.1, 0.15) is 18.1 Å². The van der Waals surface area contributed by atoms with Gasteiger partial charge >= 0.3 is 0 Å². The number of halogens is 1. The minimum Gasteiger partial charge on any atom is -0.486 e. The van der Waals surface area contributed by atoms with Gasteiger partial charge < -0.3 is 14.5 Å². The average Bonchev–Trinajstić information content (AvgIpc) is 3.48. The number of ether oxygens (including phenoxy) is 1. The van der Waals surface area contributed by atoms with Crippen LogP contribution in [0, 0.1) is 0 Å². The molecular formula is C26H26BrN3O3. The summed E-state index contributed by atoms with van der Waals surface area (Å²) in [6.45, 7) is 5.30. The van der Waals surface area contributed by atoms with Crippen LogP contribution < -0.4 is 10.1 Å². The molecule has 1 N–H and O–H groups in total. The van der Waals surface area contributed by atoms with E-state index in [9.17, 15) is 4.79 Å². The van der Waals surface area contributed by atoms with Crippen LogP contribution in [-0.4, -0.2) is 15.7 Å². The molecule has 2 aromatic heterocycles. The maximum absolute atomic E-state index is 12.5. The van der Waals surface area contributed by atoms with Crippen LogP contribution in [0.4, 0.5) is 5.69 Å². The third kappa shape index (κ3) is 6.14. The molecule has 1 amide bonds. The lowest BCUT2D eigenvalue weighted by atomic mass is 9.99. The SMILES string of the molecule is CC[C@@H](C)c1ccc(OCc2ccc(C(=O)Nc3ccc(Cn4cc(Br)cn4)cc3)o2)cc1. The van der Waals surface area contributed by atoms with Crippen molar-refractivity contribution >= 4 is 27.5 Å². The second-order valence-corrected chi connectivity index (χ2v) is 8.86. The number of nitrogens with one attached hydrogen (secondary N) is 1. The fourth-order valence-corrected chi connectivity index (χ4v) is 3.69. The molecule has 4 aromatic rings. The van der Waals surface area contributed by atoms with E-state index in [-0.39, 0.29) is 18.3 Å². The van der Waals surface area contributed by atoms with Gasteiger partial charge in [0.2, 0.25) is 0 Å². The molecule has 2 heterocycles. The molecule has 0 bridgehead atoms. The number of amides is 1. The van der Waals surface area contributed by atoms with Gasteiger partial charge in [-0.25, -0.2) is 0 Å². The third-order valence-corrected chi connectivity index (χ3v) is 5.90. The fourth-order valence-electron chi connectivity index (χ4n) is 3.36. The summed E-state index contributed by atoms with van der Waals surface area (Å²) in [6.07, 6.45) is 4.77. The highest BCUT2D eigenvalue weighted by Crippen LogP contribution is 2.22. The number of hydrogen-bond donors (Lipinski definition) is 1. The minimum atomic E-state index is -0.303. The van der Waals surface area contributed by atoms with E-state index in [0.29, 0.717) is 23.9 Å². The number of benzene rings is 2. The highest BCUT2D eigenvalue weighted by atomic mass is 79.9. The number of carbonyl (C=O) groups is 1. The van der Waals surface area contributed by atoms with Crippen molar-refractivity contribution in [3.8, 4) is 5.75 Å². The molecule has 0 aliphatic carbocycles. The lowest BCUT2D eigenvalue weighted by Crippen LogP contribution is -2.11. The number of furan rings is 1. The van der Waals surface area contributed by atoms with Gasteiger partial charge in [0.25, 0.3) is 5.91 Å². The monoisotopic (exact) mass is 507 g/mol. The normalized spacial score (nSPS) is 11.8. The molecule has 0 saturated carbocycles. The number of anilines is 1. The van der Waals surface area contributed by atoms with Crippen LogP contribution in [0.25, 0.3) is 0 Å². The number of aromatic nitrogens is 2. The molecule has 1 atom stereocenters. The van der Waals surface area contributed by atoms with Crippen LogP contribution in [0.5, 0.6) is 5.75 Å². The predicted octanol–water partition coefficient (Wildman–Crippen LogP) is 6.63. The highest BCUT2D eigenvalue weighted by Gasteiger charge is 2.12. The molecule has 4 rings (SSSR count). The van der Waals surface area contributed by atoms with E-state index in [1.807, 2.05) is 47.3 Å². The number of carbonyl (C=O) groups excluding carboxylic acids is 1. The van der Waals surface area contributed by atoms with Crippen molar-refractivity contribution in [2.45, 2.75) is 39.3 Å². The van der Waals surface area contributed by atoms with Gasteiger partial charge in [0.15, 0.2) is 5.76 Å². The summed E-state index contributed by atoms with van der Waals surface area (Å²) in [5, 5.41) is 7.11. The molecule has 7 heteroatoms. The second-order valence-electron chi connectivity index (χ2n) is 7.94. The van der Waals surface area contributed by atoms with Crippen LogP contribution in [-0.2, 0) is 13.2 Å². The summed E-state index contributed by atoms with van der Waals surface area (Å²) in [4.78, 5) is 12.5. The first-order chi connectivity index (χ1) is 16.0. The predicted molar refractivity (Wildman–Crippen MR) is 132 cm³/mol. The standard InChI is InChI=1S/C26H26BrN3O3/c1-3-18(2)20-6-10-23(11-7-20)32-17-24-12-13-25(33-24)26(31)29-22-8-4-19(5-9-22)15-30-16-21(27)14-28-30/h4-14,16,18H,3,15,17H2,1-2H3,(H,29,31)/t18-/m1/s1. The summed E-state index contributed by atoms with van der Waals surface area (Å²) in [7, 11) is 0. The van der Waals surface area contributed by atoms with E-state index in [4.69, 9.17) is 9.15 Å². The Bertz CT molecular complexity index is 1200. The highest BCUT2D eigenvalue weighted by molar-refractivity contribution is 9.10. The molecule has 0 radical (unpaired) electrons. The second kappa shape index (κ2) is 10.5. The summed E-state index contributed by atoms with van der Waals surface area (Å²) in [5.74, 6) is 1.83. The Hall–Kier alpha value is -3.32. The van der Waals surface area contributed by atoms with E-state index in [0.717, 1.165) is 22.2 Å². The lowest BCUT2D eigenvalue weighted by molar-refractivity contribution is 0.0992. The third-order valence-electron chi connectivity index (χ3n) is 5.49. The van der Waals surface area contributed by atoms with Crippen molar-refractivity contribution in [2.75, 3.05) is 5.32 Å². The topological polar surface area (TPSA) is 69.3 Å². The van der Waals surface area contributed by atoms with Gasteiger partial charge in [-0.15, -0.1) is 0 Å². The van der Waals surface area contributed by atoms with E-state index >= 15 is 0 Å². The van der Waals surface area contributed by atoms with Crippen molar-refractivity contribution in [3.63, 3.8) is 0 Å². The summed E-state index contributed by atoms with van der Waals surface area (Å²) < 4.78 is 14.2. The largest absolute Gasteiger partial charge is 0.486 e. The molecule has 170 valence electrons. The van der Waals surface area contributed by atoms with Gasteiger partial charge in [0.05, 0.1) is 17.2 Å². The number of hydrogen-bond acceptors (Lipinski definition) is 4. The Labute approximate surface area is 201 Å². The Morgan fingerprint density at radius 3 is 2.55 bits per heavy atom. The first kappa shape index (κ1) is 22.9. The maximum Gasteiger partial charge on any atom is 0.291 e. The fraction of sp³-hybridized carbons (Fsp3) is 0.231. The molecule has 0 unspecified atom stereocenters. The Morgan fingerprint density at radius 2 is 1.88 bits per heavy atom. The van der Waals surface area contributed by atoms with Crippen molar-refractivity contribution in [1.29, 1.82) is 0 Å². The van der Waals surface area contributed by atoms with Crippen LogP contribution in [0.15, 0.2) is 81.9 Å². The zero-order valence-corrected chi connectivity index (χ0v) is 20.2. The van der Waals surface area contributed by atoms with Crippen molar-refractivity contribution < 1.29 is 13.9 Å². The molecule has 6 nitrogen and oxygen atoms in total. The summed E-state index contributed by atoms with van der Waals surface area (Å²) in [6, 6.07) is 19.2. The zero-order valence-electron chi connectivity index (χ0n) is 18.6. The van der Waals surface area contributed by atoms with E-state index in [1.165, 1.54) is 5.56 Å². The molecule has 0 fully saturated rings. The quantitative estimate of drug-likeness (QED) is 0.276. The lowest BCUT2D eigenvalue weighted by Gasteiger charge is -2.10. The van der Waals surface area contributed by atoms with Gasteiger partial charge in [-0.1, -0.05) is 38.1 Å². The van der Waals surface area contributed by atoms with Gasteiger partial charge in [-0.2, -0.15) is 5.10 Å². The Kier molecular flexibility index (Phi) is 7.29. The average molecular weight is 508 g/mol. The van der Waals surface area contributed by atoms with Gasteiger partial charge in [0, 0.05) is 11.9 Å². The maximum atomic E-state index is 12.5. The van der Waals surface area contributed by atoms with Gasteiger partial charge in [-0.3, -0.25) is 9.48 Å². The summed E-state index contributed by atoms with van der Waals surface area (Å²) >= 11 is 3.39.